The Bertz CT molecular complexity index is 1080. The average molecular weight is 412 g/mol. The van der Waals surface area contributed by atoms with Crippen molar-refractivity contribution in [3.8, 4) is 10.4 Å². The molecule has 1 aliphatic rings. The van der Waals surface area contributed by atoms with Crippen LogP contribution >= 0.6 is 11.3 Å². The van der Waals surface area contributed by atoms with E-state index in [2.05, 4.69) is 41.4 Å². The number of rotatable bonds is 4. The Balaban J connectivity index is 1.56. The zero-order valence-electron chi connectivity index (χ0n) is 16.9. The molecule has 0 aliphatic carbocycles. The summed E-state index contributed by atoms with van der Waals surface area (Å²) in [6.45, 7) is 7.02. The summed E-state index contributed by atoms with van der Waals surface area (Å²) in [7, 11) is 0. The van der Waals surface area contributed by atoms with Crippen LogP contribution in [0.5, 0.6) is 0 Å². The van der Waals surface area contributed by atoms with E-state index in [0.29, 0.717) is 13.0 Å². The molecule has 0 unspecified atom stereocenters. The molecule has 2 aromatic heterocycles. The predicted molar refractivity (Wildman–Crippen MR) is 113 cm³/mol. The maximum atomic E-state index is 12.6. The highest BCUT2D eigenvalue weighted by Crippen LogP contribution is 2.31. The van der Waals surface area contributed by atoms with Crippen LogP contribution in [0.25, 0.3) is 21.5 Å². The molecule has 1 fully saturated rings. The molecule has 3 aromatic rings. The van der Waals surface area contributed by atoms with Gasteiger partial charge in [0.15, 0.2) is 0 Å². The van der Waals surface area contributed by atoms with Crippen molar-refractivity contribution in [2.24, 2.45) is 5.73 Å². The molecule has 2 N–H and O–H groups in total. The maximum Gasteiger partial charge on any atom is 0.240 e. The highest BCUT2D eigenvalue weighted by Gasteiger charge is 2.32. The molecule has 7 nitrogen and oxygen atoms in total. The number of fused-ring (bicyclic) bond motifs is 1. The van der Waals surface area contributed by atoms with Gasteiger partial charge in [0.2, 0.25) is 11.8 Å². The van der Waals surface area contributed by atoms with Gasteiger partial charge in [-0.25, -0.2) is 9.97 Å². The molecule has 0 saturated carbocycles. The third kappa shape index (κ3) is 3.76. The molecule has 3 heterocycles. The van der Waals surface area contributed by atoms with Crippen molar-refractivity contribution in [1.82, 2.24) is 19.4 Å². The van der Waals surface area contributed by atoms with E-state index in [1.165, 1.54) is 11.3 Å². The molecule has 0 spiro atoms. The standard InChI is InChI=1S/C21H25N5O2S/c1-21(2,3)26-12-24-14-7-6-13(9-16(14)26)17-11-23-18(29-17)10-19(27)25-8-4-5-15(25)20(22)28/h6-7,9,11-12,15H,4-5,8,10H2,1-3H3,(H2,22,28)/t15-/m0/s1. The van der Waals surface area contributed by atoms with Crippen molar-refractivity contribution in [2.45, 2.75) is 51.6 Å². The van der Waals surface area contributed by atoms with Crippen LogP contribution in [0.4, 0.5) is 0 Å². The second-order valence-corrected chi connectivity index (χ2v) is 9.55. The quantitative estimate of drug-likeness (QED) is 0.714. The van der Waals surface area contributed by atoms with Crippen LogP contribution < -0.4 is 5.73 Å². The zero-order chi connectivity index (χ0) is 20.8. The van der Waals surface area contributed by atoms with Crippen LogP contribution in [-0.2, 0) is 21.5 Å². The van der Waals surface area contributed by atoms with Crippen LogP contribution in [0.1, 0.15) is 38.6 Å². The number of amides is 2. The van der Waals surface area contributed by atoms with Gasteiger partial charge in [0.05, 0.1) is 28.7 Å². The van der Waals surface area contributed by atoms with Crippen LogP contribution in [-0.4, -0.2) is 43.8 Å². The normalized spacial score (nSPS) is 17.2. The van der Waals surface area contributed by atoms with E-state index in [9.17, 15) is 9.59 Å². The second kappa shape index (κ2) is 7.26. The van der Waals surface area contributed by atoms with E-state index in [1.807, 2.05) is 24.7 Å². The molecule has 152 valence electrons. The molecule has 29 heavy (non-hydrogen) atoms. The van der Waals surface area contributed by atoms with Crippen molar-refractivity contribution < 1.29 is 9.59 Å². The van der Waals surface area contributed by atoms with Gasteiger partial charge in [0.25, 0.3) is 0 Å². The van der Waals surface area contributed by atoms with Crippen molar-refractivity contribution in [3.05, 3.63) is 35.7 Å². The summed E-state index contributed by atoms with van der Waals surface area (Å²) in [5.41, 5.74) is 8.44. The number of likely N-dealkylation sites (tertiary alicyclic amines) is 1. The largest absolute Gasteiger partial charge is 0.368 e. The maximum absolute atomic E-state index is 12.6. The van der Waals surface area contributed by atoms with Gasteiger partial charge in [-0.15, -0.1) is 11.3 Å². The van der Waals surface area contributed by atoms with Crippen molar-refractivity contribution in [1.29, 1.82) is 0 Å². The van der Waals surface area contributed by atoms with Gasteiger partial charge in [0.1, 0.15) is 11.0 Å². The lowest BCUT2D eigenvalue weighted by Gasteiger charge is -2.21. The lowest BCUT2D eigenvalue weighted by molar-refractivity contribution is -0.136. The molecular weight excluding hydrogens is 386 g/mol. The van der Waals surface area contributed by atoms with Gasteiger partial charge in [-0.3, -0.25) is 9.59 Å². The molecule has 1 saturated heterocycles. The Hall–Kier alpha value is -2.74. The first-order valence-corrected chi connectivity index (χ1v) is 10.6. The predicted octanol–water partition coefficient (Wildman–Crippen LogP) is 2.93. The van der Waals surface area contributed by atoms with E-state index in [0.717, 1.165) is 32.9 Å². The molecule has 4 rings (SSSR count). The number of nitrogens with two attached hydrogens (primary N) is 1. The van der Waals surface area contributed by atoms with Gasteiger partial charge in [-0.05, 0) is 51.3 Å². The Morgan fingerprint density at radius 2 is 2.07 bits per heavy atom. The van der Waals surface area contributed by atoms with Crippen molar-refractivity contribution >= 4 is 34.2 Å². The molecule has 0 bridgehead atoms. The van der Waals surface area contributed by atoms with Gasteiger partial charge in [-0.2, -0.15) is 0 Å². The number of carbonyl (C=O) groups excluding carboxylic acids is 2. The molecule has 1 aliphatic heterocycles. The lowest BCUT2D eigenvalue weighted by Crippen LogP contribution is -2.44. The fraction of sp³-hybridized carbons (Fsp3) is 0.429. The van der Waals surface area contributed by atoms with Gasteiger partial charge >= 0.3 is 0 Å². The first-order chi connectivity index (χ1) is 13.7. The smallest absolute Gasteiger partial charge is 0.240 e. The van der Waals surface area contributed by atoms with Gasteiger partial charge in [-0.1, -0.05) is 6.07 Å². The fourth-order valence-corrected chi connectivity index (χ4v) is 4.72. The number of benzene rings is 1. The summed E-state index contributed by atoms with van der Waals surface area (Å²) in [6.07, 6.45) is 5.32. The van der Waals surface area contributed by atoms with Crippen LogP contribution in [0.2, 0.25) is 0 Å². The molecule has 1 atom stereocenters. The fourth-order valence-electron chi connectivity index (χ4n) is 3.81. The minimum absolute atomic E-state index is 0.0641. The third-order valence-corrected chi connectivity index (χ3v) is 6.36. The average Bonchev–Trinajstić information content (AvgIpc) is 3.39. The Labute approximate surface area is 173 Å². The van der Waals surface area contributed by atoms with Gasteiger partial charge in [0, 0.05) is 18.3 Å². The summed E-state index contributed by atoms with van der Waals surface area (Å²) in [5.74, 6) is -0.520. The molecule has 8 heteroatoms. The minimum Gasteiger partial charge on any atom is -0.368 e. The SMILES string of the molecule is CC(C)(C)n1cnc2ccc(-c3cnc(CC(=O)N4CCC[C@H]4C(N)=O)s3)cc21. The summed E-state index contributed by atoms with van der Waals surface area (Å²) in [4.78, 5) is 35.7. The molecule has 0 radical (unpaired) electrons. The van der Waals surface area contributed by atoms with Gasteiger partial charge < -0.3 is 15.2 Å². The van der Waals surface area contributed by atoms with E-state index in [-0.39, 0.29) is 17.9 Å². The number of aromatic nitrogens is 3. The third-order valence-electron chi connectivity index (χ3n) is 5.31. The van der Waals surface area contributed by atoms with E-state index in [4.69, 9.17) is 5.73 Å². The number of hydrogen-bond acceptors (Lipinski definition) is 5. The molecule has 1 aromatic carbocycles. The highest BCUT2D eigenvalue weighted by molar-refractivity contribution is 7.15. The first kappa shape index (κ1) is 19.6. The number of primary amides is 1. The Morgan fingerprint density at radius 1 is 1.28 bits per heavy atom. The Kier molecular flexibility index (Phi) is 4.90. The van der Waals surface area contributed by atoms with Crippen LogP contribution in [0.15, 0.2) is 30.7 Å². The number of carbonyl (C=O) groups is 2. The minimum atomic E-state index is -0.484. The molecular formula is C21H25N5O2S. The van der Waals surface area contributed by atoms with E-state index in [1.54, 1.807) is 4.90 Å². The van der Waals surface area contributed by atoms with E-state index >= 15 is 0 Å². The second-order valence-electron chi connectivity index (χ2n) is 8.43. The van der Waals surface area contributed by atoms with Crippen LogP contribution in [0, 0.1) is 0 Å². The van der Waals surface area contributed by atoms with Crippen molar-refractivity contribution in [2.75, 3.05) is 6.54 Å². The van der Waals surface area contributed by atoms with Crippen LogP contribution in [0.3, 0.4) is 0 Å². The first-order valence-electron chi connectivity index (χ1n) is 9.75. The summed E-state index contributed by atoms with van der Waals surface area (Å²) >= 11 is 1.50. The molecule has 2 amide bonds. The lowest BCUT2D eigenvalue weighted by atomic mass is 10.1. The Morgan fingerprint density at radius 3 is 2.79 bits per heavy atom. The summed E-state index contributed by atoms with van der Waals surface area (Å²) < 4.78 is 2.16. The highest BCUT2D eigenvalue weighted by atomic mass is 32.1. The van der Waals surface area contributed by atoms with E-state index < -0.39 is 11.9 Å². The number of hydrogen-bond donors (Lipinski definition) is 1. The number of imidazole rings is 1. The summed E-state index contributed by atoms with van der Waals surface area (Å²) in [6, 6.07) is 5.68. The zero-order valence-corrected chi connectivity index (χ0v) is 17.7. The number of thiazole rings is 1. The number of nitrogens with zero attached hydrogens (tertiary/aromatic N) is 4. The topological polar surface area (TPSA) is 94.1 Å². The van der Waals surface area contributed by atoms with Crippen molar-refractivity contribution in [3.63, 3.8) is 0 Å². The summed E-state index contributed by atoms with van der Waals surface area (Å²) in [5, 5.41) is 0.740. The monoisotopic (exact) mass is 411 g/mol.